The summed E-state index contributed by atoms with van der Waals surface area (Å²) in [5, 5.41) is 39.9. The number of aliphatic imine (C=N–C) groups is 1. The number of rotatable bonds is 5. The minimum Gasteiger partial charge on any atom is -0.618 e. The van der Waals surface area contributed by atoms with Crippen molar-refractivity contribution in [3.8, 4) is 16.8 Å². The maximum atomic E-state index is 13.5. The van der Waals surface area contributed by atoms with E-state index in [2.05, 4.69) is 30.6 Å². The van der Waals surface area contributed by atoms with Crippen LogP contribution < -0.4 is 10.0 Å². The monoisotopic (exact) mass is 557 g/mol. The number of hydrogen-bond donors (Lipinski definition) is 2. The quantitative estimate of drug-likeness (QED) is 0.277. The number of benzene rings is 2. The van der Waals surface area contributed by atoms with Gasteiger partial charge in [0.15, 0.2) is 11.8 Å². The summed E-state index contributed by atoms with van der Waals surface area (Å²) in [6.07, 6.45) is 5.33. The molecule has 3 heterocycles. The molecule has 4 aromatic rings. The average Bonchev–Trinajstić information content (AvgIpc) is 3.70. The number of tetrazole rings is 1. The summed E-state index contributed by atoms with van der Waals surface area (Å²) in [4.78, 5) is 16.1. The molecule has 2 aliphatic rings. The van der Waals surface area contributed by atoms with Crippen molar-refractivity contribution in [1.82, 2.24) is 20.2 Å². The van der Waals surface area contributed by atoms with Crippen molar-refractivity contribution < 1.29 is 19.4 Å². The predicted molar refractivity (Wildman–Crippen MR) is 148 cm³/mol. The number of allylic oxidation sites excluding steroid dienone is 1. The summed E-state index contributed by atoms with van der Waals surface area (Å²) in [6, 6.07) is 12.7. The molecule has 1 atom stereocenters. The topological polar surface area (TPSA) is 141 Å². The van der Waals surface area contributed by atoms with Crippen LogP contribution in [0.3, 0.4) is 0 Å². The molecule has 2 N–H and O–H groups in total. The molecule has 0 bridgehead atoms. The van der Waals surface area contributed by atoms with Gasteiger partial charge in [0, 0.05) is 40.0 Å². The average molecular weight is 558 g/mol. The summed E-state index contributed by atoms with van der Waals surface area (Å²) >= 11 is 6.30. The Morgan fingerprint density at radius 3 is 2.83 bits per heavy atom. The molecule has 0 radical (unpaired) electrons. The molecule has 12 heteroatoms. The van der Waals surface area contributed by atoms with Crippen LogP contribution in [0.25, 0.3) is 22.4 Å². The number of amides is 1. The van der Waals surface area contributed by atoms with Gasteiger partial charge in [0.05, 0.1) is 18.5 Å². The number of methoxy groups -OCH3 is 1. The van der Waals surface area contributed by atoms with E-state index in [0.29, 0.717) is 52.5 Å². The first-order valence-electron chi connectivity index (χ1n) is 12.5. The number of aryl methyl sites for hydroxylation is 2. The van der Waals surface area contributed by atoms with Gasteiger partial charge in [-0.25, -0.2) is 4.79 Å². The van der Waals surface area contributed by atoms with Crippen molar-refractivity contribution >= 4 is 34.7 Å². The Kier molecular flexibility index (Phi) is 6.32. The molecular formula is C28H24ClN7O4. The number of nitrogens with zero attached hydrogens (tertiary/aromatic N) is 6. The zero-order valence-electron chi connectivity index (χ0n) is 21.6. The standard InChI is InChI=1S/C28H24ClN7O4/c1-16-9-21(32-27(37)40-2)4-5-22(16)18-11-25(30-13-18)28(38)8-7-17-10-19(14-36(39)26(17)28)23-12-20(29)3-6-24(23)35-15-31-33-34-35/h3-6,9-10,12-15,38H,7-8,11H2,1-2H3,(H,32,37). The van der Waals surface area contributed by atoms with Crippen molar-refractivity contribution in [2.75, 3.05) is 12.4 Å². The van der Waals surface area contributed by atoms with Crippen molar-refractivity contribution in [3.05, 3.63) is 93.8 Å². The van der Waals surface area contributed by atoms with Crippen LogP contribution in [0.15, 0.2) is 66.2 Å². The number of fused-ring (bicyclic) bond motifs is 1. The number of ether oxygens (including phenoxy) is 1. The van der Waals surface area contributed by atoms with Gasteiger partial charge in [0.25, 0.3) is 0 Å². The third-order valence-electron chi connectivity index (χ3n) is 7.34. The van der Waals surface area contributed by atoms with E-state index in [1.54, 1.807) is 30.5 Å². The van der Waals surface area contributed by atoms with Gasteiger partial charge < -0.3 is 15.1 Å². The number of hydrogen-bond acceptors (Lipinski definition) is 8. The summed E-state index contributed by atoms with van der Waals surface area (Å²) in [5.41, 5.74) is 5.43. The summed E-state index contributed by atoms with van der Waals surface area (Å²) in [7, 11) is 1.31. The fraction of sp³-hybridized carbons (Fsp3) is 0.214. The molecule has 1 amide bonds. The van der Waals surface area contributed by atoms with E-state index in [4.69, 9.17) is 11.6 Å². The lowest BCUT2D eigenvalue weighted by molar-refractivity contribution is -0.619. The Bertz CT molecular complexity index is 1720. The summed E-state index contributed by atoms with van der Waals surface area (Å²) in [5.74, 6) is 0. The lowest BCUT2D eigenvalue weighted by Crippen LogP contribution is -2.45. The zero-order chi connectivity index (χ0) is 28.0. The predicted octanol–water partition coefficient (Wildman–Crippen LogP) is 4.12. The van der Waals surface area contributed by atoms with Crippen LogP contribution in [0.4, 0.5) is 10.5 Å². The highest BCUT2D eigenvalue weighted by atomic mass is 35.5. The Labute approximate surface area is 234 Å². The van der Waals surface area contributed by atoms with Gasteiger partial charge in [-0.15, -0.1) is 5.10 Å². The number of nitrogens with one attached hydrogen (secondary N) is 1. The molecule has 0 spiro atoms. The SMILES string of the molecule is COC(=O)Nc1ccc(C2=CN=C(C3(O)CCc4cc(-c5cc(Cl)ccc5-n5cnnn5)c[n+]([O-])c43)C2)c(C)c1. The Hall–Kier alpha value is -4.61. The molecule has 0 saturated heterocycles. The van der Waals surface area contributed by atoms with E-state index in [1.165, 1.54) is 24.3 Å². The van der Waals surface area contributed by atoms with Gasteiger partial charge in [-0.1, -0.05) is 17.7 Å². The number of aromatic nitrogens is 5. The van der Waals surface area contributed by atoms with E-state index in [-0.39, 0.29) is 5.69 Å². The molecule has 40 heavy (non-hydrogen) atoms. The van der Waals surface area contributed by atoms with E-state index in [0.717, 1.165) is 27.0 Å². The molecule has 0 saturated carbocycles. The van der Waals surface area contributed by atoms with Crippen LogP contribution in [-0.2, 0) is 16.8 Å². The van der Waals surface area contributed by atoms with E-state index < -0.39 is 11.7 Å². The molecule has 202 valence electrons. The van der Waals surface area contributed by atoms with Crippen LogP contribution in [0, 0.1) is 12.1 Å². The minimum atomic E-state index is -1.50. The van der Waals surface area contributed by atoms with Crippen LogP contribution >= 0.6 is 11.6 Å². The first kappa shape index (κ1) is 25.7. The Morgan fingerprint density at radius 1 is 1.23 bits per heavy atom. The maximum absolute atomic E-state index is 13.5. The Balaban J connectivity index is 1.29. The minimum absolute atomic E-state index is 0.282. The number of anilines is 1. The number of aliphatic hydroxyl groups is 1. The summed E-state index contributed by atoms with van der Waals surface area (Å²) in [6.45, 7) is 1.93. The van der Waals surface area contributed by atoms with Gasteiger partial charge in [-0.3, -0.25) is 10.3 Å². The first-order valence-corrected chi connectivity index (χ1v) is 12.9. The van der Waals surface area contributed by atoms with Crippen molar-refractivity contribution in [2.45, 2.75) is 31.8 Å². The van der Waals surface area contributed by atoms with Gasteiger partial charge >= 0.3 is 6.09 Å². The third-order valence-corrected chi connectivity index (χ3v) is 7.57. The third kappa shape index (κ3) is 4.38. The highest BCUT2D eigenvalue weighted by Gasteiger charge is 2.49. The number of carbonyl (C=O) groups excluding carboxylic acids is 1. The number of carbonyl (C=O) groups is 1. The van der Waals surface area contributed by atoms with E-state index >= 15 is 0 Å². The van der Waals surface area contributed by atoms with E-state index in [1.807, 2.05) is 25.1 Å². The highest BCUT2D eigenvalue weighted by Crippen LogP contribution is 2.42. The molecule has 1 aliphatic heterocycles. The first-order chi connectivity index (χ1) is 19.3. The fourth-order valence-corrected chi connectivity index (χ4v) is 5.63. The zero-order valence-corrected chi connectivity index (χ0v) is 22.4. The Morgan fingerprint density at radius 2 is 2.08 bits per heavy atom. The smallest absolute Gasteiger partial charge is 0.411 e. The maximum Gasteiger partial charge on any atom is 0.411 e. The second-order valence-corrected chi connectivity index (χ2v) is 10.2. The van der Waals surface area contributed by atoms with Crippen molar-refractivity contribution in [3.63, 3.8) is 0 Å². The van der Waals surface area contributed by atoms with Crippen LogP contribution in [0.5, 0.6) is 0 Å². The largest absolute Gasteiger partial charge is 0.618 e. The second kappa shape index (κ2) is 9.85. The van der Waals surface area contributed by atoms with Gasteiger partial charge in [0.2, 0.25) is 5.69 Å². The lowest BCUT2D eigenvalue weighted by Gasteiger charge is -2.23. The number of halogens is 1. The van der Waals surface area contributed by atoms with Gasteiger partial charge in [-0.2, -0.15) is 9.41 Å². The van der Waals surface area contributed by atoms with E-state index in [9.17, 15) is 15.1 Å². The van der Waals surface area contributed by atoms with Crippen molar-refractivity contribution in [1.29, 1.82) is 0 Å². The molecule has 1 aliphatic carbocycles. The fourth-order valence-electron chi connectivity index (χ4n) is 5.45. The van der Waals surface area contributed by atoms with Gasteiger partial charge in [-0.05, 0) is 83.3 Å². The number of pyridine rings is 1. The molecule has 0 fully saturated rings. The van der Waals surface area contributed by atoms with Gasteiger partial charge in [0.1, 0.15) is 6.33 Å². The molecule has 6 rings (SSSR count). The molecule has 2 aromatic heterocycles. The van der Waals surface area contributed by atoms with Crippen LogP contribution in [0.1, 0.15) is 35.2 Å². The molecule has 2 aromatic carbocycles. The van der Waals surface area contributed by atoms with Crippen LogP contribution in [-0.4, -0.2) is 44.2 Å². The van der Waals surface area contributed by atoms with Crippen molar-refractivity contribution in [2.24, 2.45) is 4.99 Å². The molecular weight excluding hydrogens is 534 g/mol. The lowest BCUT2D eigenvalue weighted by atomic mass is 9.88. The normalized spacial score (nSPS) is 17.8. The second-order valence-electron chi connectivity index (χ2n) is 9.76. The molecule has 1 unspecified atom stereocenters. The van der Waals surface area contributed by atoms with Crippen LogP contribution in [0.2, 0.25) is 5.02 Å². The molecule has 11 nitrogen and oxygen atoms in total. The highest BCUT2D eigenvalue weighted by molar-refractivity contribution is 6.31. The summed E-state index contributed by atoms with van der Waals surface area (Å²) < 4.78 is 6.90.